The molecule has 4 rings (SSSR count). The van der Waals surface area contributed by atoms with E-state index in [2.05, 4.69) is 9.88 Å². The van der Waals surface area contributed by atoms with E-state index in [0.29, 0.717) is 43.2 Å². The van der Waals surface area contributed by atoms with E-state index in [9.17, 15) is 14.0 Å². The molecular formula is C19H19FN4O2S. The van der Waals surface area contributed by atoms with Gasteiger partial charge in [-0.2, -0.15) is 0 Å². The van der Waals surface area contributed by atoms with Crippen LogP contribution in [0, 0.1) is 5.82 Å². The third-order valence-corrected chi connectivity index (χ3v) is 5.52. The highest BCUT2D eigenvalue weighted by Gasteiger charge is 2.22. The molecule has 0 bridgehead atoms. The van der Waals surface area contributed by atoms with Crippen molar-refractivity contribution in [2.24, 2.45) is 0 Å². The fourth-order valence-electron chi connectivity index (χ4n) is 3.27. The van der Waals surface area contributed by atoms with Gasteiger partial charge in [-0.15, -0.1) is 11.3 Å². The molecular weight excluding hydrogens is 367 g/mol. The van der Waals surface area contributed by atoms with Crippen molar-refractivity contribution < 1.29 is 9.18 Å². The highest BCUT2D eigenvalue weighted by Crippen LogP contribution is 2.12. The van der Waals surface area contributed by atoms with E-state index in [1.54, 1.807) is 35.4 Å². The van der Waals surface area contributed by atoms with Crippen LogP contribution in [0.2, 0.25) is 0 Å². The van der Waals surface area contributed by atoms with E-state index >= 15 is 0 Å². The number of thiazole rings is 1. The molecule has 1 saturated heterocycles. The van der Waals surface area contributed by atoms with Crippen molar-refractivity contribution in [2.75, 3.05) is 26.2 Å². The van der Waals surface area contributed by atoms with Crippen LogP contribution in [0.1, 0.15) is 11.3 Å². The van der Waals surface area contributed by atoms with E-state index < -0.39 is 0 Å². The van der Waals surface area contributed by atoms with E-state index in [1.807, 2.05) is 5.38 Å². The summed E-state index contributed by atoms with van der Waals surface area (Å²) in [6.45, 7) is 3.17. The summed E-state index contributed by atoms with van der Waals surface area (Å²) < 4.78 is 15.3. The molecule has 0 spiro atoms. The molecule has 1 aromatic carbocycles. The molecule has 0 atom stereocenters. The maximum absolute atomic E-state index is 13.7. The summed E-state index contributed by atoms with van der Waals surface area (Å²) >= 11 is 1.43. The van der Waals surface area contributed by atoms with Crippen molar-refractivity contribution in [3.05, 3.63) is 69.3 Å². The summed E-state index contributed by atoms with van der Waals surface area (Å²) in [5.74, 6) is -0.401. The second-order valence-corrected chi connectivity index (χ2v) is 7.44. The molecule has 0 unspecified atom stereocenters. The molecule has 1 amide bonds. The lowest BCUT2D eigenvalue weighted by atomic mass is 10.1. The summed E-state index contributed by atoms with van der Waals surface area (Å²) in [6.07, 6.45) is 1.80. The fraction of sp³-hybridized carbons (Fsp3) is 0.316. The van der Waals surface area contributed by atoms with Crippen LogP contribution in [0.3, 0.4) is 0 Å². The van der Waals surface area contributed by atoms with E-state index in [0.717, 1.165) is 5.69 Å². The zero-order valence-corrected chi connectivity index (χ0v) is 15.5. The fourth-order valence-corrected chi connectivity index (χ4v) is 4.01. The van der Waals surface area contributed by atoms with Gasteiger partial charge in [-0.05, 0) is 11.6 Å². The first-order valence-electron chi connectivity index (χ1n) is 8.79. The second-order valence-electron chi connectivity index (χ2n) is 6.57. The zero-order valence-electron chi connectivity index (χ0n) is 14.7. The molecule has 3 aromatic rings. The molecule has 1 aliphatic heterocycles. The average molecular weight is 386 g/mol. The van der Waals surface area contributed by atoms with Crippen LogP contribution in [-0.4, -0.2) is 51.3 Å². The third kappa shape index (κ3) is 3.91. The molecule has 0 N–H and O–H groups in total. The van der Waals surface area contributed by atoms with Crippen LogP contribution in [0.15, 0.2) is 46.7 Å². The van der Waals surface area contributed by atoms with Crippen LogP contribution in [0.4, 0.5) is 4.39 Å². The van der Waals surface area contributed by atoms with Crippen molar-refractivity contribution in [1.82, 2.24) is 19.2 Å². The largest absolute Gasteiger partial charge is 0.340 e. The Morgan fingerprint density at radius 3 is 2.74 bits per heavy atom. The molecule has 1 aliphatic rings. The Balaban J connectivity index is 1.35. The van der Waals surface area contributed by atoms with Crippen molar-refractivity contribution >= 4 is 22.2 Å². The van der Waals surface area contributed by atoms with Gasteiger partial charge in [0, 0.05) is 50.4 Å². The summed E-state index contributed by atoms with van der Waals surface area (Å²) in [4.78, 5) is 33.7. The van der Waals surface area contributed by atoms with Gasteiger partial charge in [0.2, 0.25) is 5.91 Å². The monoisotopic (exact) mass is 386 g/mol. The minimum absolute atomic E-state index is 0.0591. The number of carbonyl (C=O) groups excluding carboxylic acids is 1. The van der Waals surface area contributed by atoms with Crippen molar-refractivity contribution in [1.29, 1.82) is 0 Å². The standard InChI is InChI=1S/C19H19FN4O2S/c20-16-4-2-1-3-14(16)11-17(25)23-7-5-22(6-8-23)13-15-12-18(26)24-9-10-27-19(24)21-15/h1-4,9-10,12H,5-8,11,13H2. The number of carbonyl (C=O) groups is 1. The average Bonchev–Trinajstić information content (AvgIpc) is 3.13. The number of rotatable bonds is 4. The highest BCUT2D eigenvalue weighted by atomic mass is 32.1. The second kappa shape index (κ2) is 7.58. The van der Waals surface area contributed by atoms with Crippen LogP contribution in [0.25, 0.3) is 4.96 Å². The molecule has 0 aliphatic carbocycles. The maximum atomic E-state index is 13.7. The zero-order chi connectivity index (χ0) is 18.8. The number of nitrogens with zero attached hydrogens (tertiary/aromatic N) is 4. The Kier molecular flexibility index (Phi) is 5.00. The molecule has 6 nitrogen and oxygen atoms in total. The summed E-state index contributed by atoms with van der Waals surface area (Å²) in [6, 6.07) is 7.95. The van der Waals surface area contributed by atoms with Crippen molar-refractivity contribution in [3.63, 3.8) is 0 Å². The number of aromatic nitrogens is 2. The summed E-state index contributed by atoms with van der Waals surface area (Å²) in [5, 5.41) is 1.84. The van der Waals surface area contributed by atoms with Crippen LogP contribution in [0.5, 0.6) is 0 Å². The minimum atomic E-state index is -0.342. The van der Waals surface area contributed by atoms with Gasteiger partial charge in [-0.3, -0.25) is 18.9 Å². The topological polar surface area (TPSA) is 57.9 Å². The molecule has 3 heterocycles. The van der Waals surface area contributed by atoms with Crippen molar-refractivity contribution in [2.45, 2.75) is 13.0 Å². The Morgan fingerprint density at radius 1 is 1.19 bits per heavy atom. The van der Waals surface area contributed by atoms with Crippen LogP contribution >= 0.6 is 11.3 Å². The molecule has 0 radical (unpaired) electrons. The van der Waals surface area contributed by atoms with Crippen LogP contribution < -0.4 is 5.56 Å². The van der Waals surface area contributed by atoms with E-state index in [4.69, 9.17) is 0 Å². The Labute approximate surface area is 159 Å². The molecule has 140 valence electrons. The first-order chi connectivity index (χ1) is 13.1. The minimum Gasteiger partial charge on any atom is -0.340 e. The summed E-state index contributed by atoms with van der Waals surface area (Å²) in [5.41, 5.74) is 1.10. The molecule has 1 fully saturated rings. The lowest BCUT2D eigenvalue weighted by Gasteiger charge is -2.34. The predicted octanol–water partition coefficient (Wildman–Crippen LogP) is 1.78. The van der Waals surface area contributed by atoms with Gasteiger partial charge < -0.3 is 4.90 Å². The number of halogens is 1. The van der Waals surface area contributed by atoms with Crippen LogP contribution in [-0.2, 0) is 17.8 Å². The Morgan fingerprint density at radius 2 is 1.96 bits per heavy atom. The van der Waals surface area contributed by atoms with Gasteiger partial charge >= 0.3 is 0 Å². The van der Waals surface area contributed by atoms with Gasteiger partial charge in [0.05, 0.1) is 12.1 Å². The number of hydrogen-bond acceptors (Lipinski definition) is 5. The smallest absolute Gasteiger partial charge is 0.258 e. The summed E-state index contributed by atoms with van der Waals surface area (Å²) in [7, 11) is 0. The number of piperazine rings is 1. The first kappa shape index (κ1) is 17.8. The number of hydrogen-bond donors (Lipinski definition) is 0. The predicted molar refractivity (Wildman–Crippen MR) is 101 cm³/mol. The van der Waals surface area contributed by atoms with Gasteiger partial charge in [-0.25, -0.2) is 9.37 Å². The number of amides is 1. The maximum Gasteiger partial charge on any atom is 0.258 e. The first-order valence-corrected chi connectivity index (χ1v) is 9.67. The molecule has 8 heteroatoms. The number of benzene rings is 1. The molecule has 0 saturated carbocycles. The Hall–Kier alpha value is -2.58. The highest BCUT2D eigenvalue weighted by molar-refractivity contribution is 7.15. The normalized spacial score (nSPS) is 15.4. The lowest BCUT2D eigenvalue weighted by molar-refractivity contribution is -0.132. The number of fused-ring (bicyclic) bond motifs is 1. The van der Waals surface area contributed by atoms with Gasteiger partial charge in [0.25, 0.3) is 5.56 Å². The Bertz CT molecular complexity index is 1020. The molecule has 2 aromatic heterocycles. The quantitative estimate of drug-likeness (QED) is 0.686. The van der Waals surface area contributed by atoms with E-state index in [1.165, 1.54) is 21.8 Å². The SMILES string of the molecule is O=C(Cc1ccccc1F)N1CCN(Cc2cc(=O)n3ccsc3n2)CC1. The van der Waals surface area contributed by atoms with Crippen molar-refractivity contribution in [3.8, 4) is 0 Å². The lowest BCUT2D eigenvalue weighted by Crippen LogP contribution is -2.48. The molecule has 27 heavy (non-hydrogen) atoms. The third-order valence-electron chi connectivity index (χ3n) is 4.77. The van der Waals surface area contributed by atoms with E-state index in [-0.39, 0.29) is 23.7 Å². The van der Waals surface area contributed by atoms with Gasteiger partial charge in [-0.1, -0.05) is 18.2 Å². The van der Waals surface area contributed by atoms with Gasteiger partial charge in [0.15, 0.2) is 4.96 Å². The van der Waals surface area contributed by atoms with Gasteiger partial charge in [0.1, 0.15) is 5.82 Å².